The fourth-order valence-corrected chi connectivity index (χ4v) is 7.72. The molecule has 8 aromatic carbocycles. The number of aromatic nitrogens is 1. The van der Waals surface area contributed by atoms with Gasteiger partial charge in [-0.05, 0) is 73.3 Å². The summed E-state index contributed by atoms with van der Waals surface area (Å²) in [6.07, 6.45) is -0.539. The van der Waals surface area contributed by atoms with Gasteiger partial charge in [-0.1, -0.05) is 158 Å². The van der Waals surface area contributed by atoms with Crippen LogP contribution >= 0.6 is 0 Å². The number of pyridine rings is 1. The van der Waals surface area contributed by atoms with Gasteiger partial charge in [-0.25, -0.2) is 9.98 Å². The van der Waals surface area contributed by atoms with Crippen LogP contribution in [0.3, 0.4) is 0 Å². The first-order valence-electron chi connectivity index (χ1n) is 17.8. The van der Waals surface area contributed by atoms with Crippen LogP contribution in [0, 0.1) is 0 Å². The summed E-state index contributed by atoms with van der Waals surface area (Å²) in [5.74, 6) is 0.854. The van der Waals surface area contributed by atoms with Crippen molar-refractivity contribution in [1.29, 1.82) is 0 Å². The predicted octanol–water partition coefficient (Wildman–Crippen LogP) is 11.4. The molecule has 1 aliphatic heterocycles. The number of nitrogens with zero attached hydrogens (tertiary/aromatic N) is 2. The van der Waals surface area contributed by atoms with E-state index >= 15 is 0 Å². The molecule has 10 rings (SSSR count). The van der Waals surface area contributed by atoms with Crippen molar-refractivity contribution in [3.63, 3.8) is 0 Å². The lowest BCUT2D eigenvalue weighted by Crippen LogP contribution is -2.45. The van der Waals surface area contributed by atoms with Crippen LogP contribution in [0.5, 0.6) is 0 Å². The van der Waals surface area contributed by atoms with Crippen LogP contribution < -0.4 is 10.6 Å². The lowest BCUT2D eigenvalue weighted by Gasteiger charge is -2.33. The summed E-state index contributed by atoms with van der Waals surface area (Å²) in [5.41, 5.74) is 8.60. The average Bonchev–Trinajstić information content (AvgIpc) is 3.23. The van der Waals surface area contributed by atoms with Gasteiger partial charge in [0.05, 0.1) is 11.2 Å². The average molecular weight is 667 g/mol. The molecule has 2 atom stereocenters. The lowest BCUT2D eigenvalue weighted by atomic mass is 9.91. The Morgan fingerprint density at radius 1 is 0.462 bits per heavy atom. The van der Waals surface area contributed by atoms with Crippen LogP contribution in [-0.2, 0) is 0 Å². The number of hydrogen-bond donors (Lipinski definition) is 2. The SMILES string of the molecule is c1ccc(-c2cc(-c3ccccc3)c3c(cc(C4N=C(c5ccc6ccccc6c5)NC(c5ccc6ccccc6c5)N4)c4ccccc43)n2)cc1. The van der Waals surface area contributed by atoms with Gasteiger partial charge in [0.2, 0.25) is 0 Å². The molecule has 0 saturated heterocycles. The number of fused-ring (bicyclic) bond motifs is 5. The van der Waals surface area contributed by atoms with Gasteiger partial charge in [-0.2, -0.15) is 0 Å². The Morgan fingerprint density at radius 3 is 1.83 bits per heavy atom. The first-order valence-corrected chi connectivity index (χ1v) is 17.8. The fraction of sp³-hybridized carbons (Fsp3) is 0.0417. The van der Waals surface area contributed by atoms with Gasteiger partial charge in [0.25, 0.3) is 0 Å². The fourth-order valence-electron chi connectivity index (χ4n) is 7.72. The van der Waals surface area contributed by atoms with Crippen LogP contribution in [0.2, 0.25) is 0 Å². The molecule has 246 valence electrons. The number of amidine groups is 1. The molecule has 1 aliphatic rings. The van der Waals surface area contributed by atoms with Crippen molar-refractivity contribution in [3.8, 4) is 22.4 Å². The Hall–Kier alpha value is -6.62. The van der Waals surface area contributed by atoms with E-state index in [0.29, 0.717) is 0 Å². The Bertz CT molecular complexity index is 2810. The van der Waals surface area contributed by atoms with Crippen molar-refractivity contribution < 1.29 is 0 Å². The molecule has 2 heterocycles. The highest BCUT2D eigenvalue weighted by Gasteiger charge is 2.28. The number of benzene rings is 8. The number of aliphatic imine (C=N–C) groups is 1. The molecule has 0 radical (unpaired) electrons. The van der Waals surface area contributed by atoms with Crippen molar-refractivity contribution in [2.75, 3.05) is 0 Å². The maximum absolute atomic E-state index is 5.45. The Kier molecular flexibility index (Phi) is 7.33. The molecule has 0 amide bonds. The van der Waals surface area contributed by atoms with Crippen molar-refractivity contribution in [3.05, 3.63) is 199 Å². The van der Waals surface area contributed by atoms with Gasteiger partial charge in [0.1, 0.15) is 18.2 Å². The van der Waals surface area contributed by atoms with Crippen LogP contribution in [0.4, 0.5) is 0 Å². The van der Waals surface area contributed by atoms with Crippen LogP contribution in [0.15, 0.2) is 187 Å². The van der Waals surface area contributed by atoms with Gasteiger partial charge in [-0.3, -0.25) is 5.32 Å². The molecular weight excluding hydrogens is 633 g/mol. The van der Waals surface area contributed by atoms with Gasteiger partial charge in [0, 0.05) is 22.1 Å². The smallest absolute Gasteiger partial charge is 0.131 e. The molecule has 0 saturated carbocycles. The van der Waals surface area contributed by atoms with E-state index in [1.807, 2.05) is 6.07 Å². The highest BCUT2D eigenvalue weighted by molar-refractivity contribution is 6.15. The predicted molar refractivity (Wildman–Crippen MR) is 216 cm³/mol. The summed E-state index contributed by atoms with van der Waals surface area (Å²) in [6, 6.07) is 64.6. The summed E-state index contributed by atoms with van der Waals surface area (Å²) < 4.78 is 0. The highest BCUT2D eigenvalue weighted by atomic mass is 15.3. The molecule has 4 heteroatoms. The minimum Gasteiger partial charge on any atom is -0.350 e. The molecule has 0 bridgehead atoms. The van der Waals surface area contributed by atoms with E-state index in [0.717, 1.165) is 61.0 Å². The Labute approximate surface area is 302 Å². The second-order valence-corrected chi connectivity index (χ2v) is 13.5. The maximum Gasteiger partial charge on any atom is 0.131 e. The first kappa shape index (κ1) is 30.2. The van der Waals surface area contributed by atoms with Crippen LogP contribution in [0.1, 0.15) is 29.0 Å². The number of hydrogen-bond acceptors (Lipinski definition) is 4. The third-order valence-corrected chi connectivity index (χ3v) is 10.3. The molecule has 1 aromatic heterocycles. The molecule has 0 aliphatic carbocycles. The van der Waals surface area contributed by atoms with E-state index in [9.17, 15) is 0 Å². The van der Waals surface area contributed by atoms with E-state index in [4.69, 9.17) is 9.98 Å². The maximum atomic E-state index is 5.45. The molecule has 0 fully saturated rings. The Morgan fingerprint density at radius 2 is 1.08 bits per heavy atom. The first-order chi connectivity index (χ1) is 25.7. The molecule has 0 spiro atoms. The highest BCUT2D eigenvalue weighted by Crippen LogP contribution is 2.40. The van der Waals surface area contributed by atoms with E-state index in [-0.39, 0.29) is 12.3 Å². The minimum atomic E-state index is -0.351. The van der Waals surface area contributed by atoms with Gasteiger partial charge in [0.15, 0.2) is 0 Å². The zero-order valence-corrected chi connectivity index (χ0v) is 28.4. The molecule has 2 unspecified atom stereocenters. The lowest BCUT2D eigenvalue weighted by molar-refractivity contribution is 0.411. The summed E-state index contributed by atoms with van der Waals surface area (Å²) >= 11 is 0. The van der Waals surface area contributed by atoms with E-state index in [2.05, 4.69) is 187 Å². The van der Waals surface area contributed by atoms with Crippen LogP contribution in [-0.4, -0.2) is 10.8 Å². The van der Waals surface area contributed by atoms with Crippen LogP contribution in [0.25, 0.3) is 65.6 Å². The van der Waals surface area contributed by atoms with E-state index in [1.165, 1.54) is 27.1 Å². The third-order valence-electron chi connectivity index (χ3n) is 10.3. The summed E-state index contributed by atoms with van der Waals surface area (Å²) in [4.78, 5) is 10.8. The molecular formula is C48H34N4. The standard InChI is InChI=1S/C48H34N4/c1-3-15-33(16-4-1)41-29-43(34-17-5-2-6-18-34)49-44-30-42(39-21-11-12-22-40(39)45(41)44)48-51-46(37-25-23-31-13-7-9-19-35(31)27-37)50-47(52-48)38-26-24-32-14-8-10-20-36(32)28-38/h1-30,46,48,51H,(H,50,52). The zero-order chi connectivity index (χ0) is 34.4. The van der Waals surface area contributed by atoms with Crippen molar-refractivity contribution in [2.24, 2.45) is 4.99 Å². The van der Waals surface area contributed by atoms with E-state index < -0.39 is 0 Å². The second kappa shape index (κ2) is 12.6. The molecule has 4 nitrogen and oxygen atoms in total. The summed E-state index contributed by atoms with van der Waals surface area (Å²) in [5, 5.41) is 16.0. The number of nitrogens with one attached hydrogen (secondary N) is 2. The third kappa shape index (κ3) is 5.38. The van der Waals surface area contributed by atoms with Gasteiger partial charge in [-0.15, -0.1) is 0 Å². The molecule has 52 heavy (non-hydrogen) atoms. The molecule has 9 aromatic rings. The monoisotopic (exact) mass is 666 g/mol. The summed E-state index contributed by atoms with van der Waals surface area (Å²) in [7, 11) is 0. The minimum absolute atomic E-state index is 0.188. The van der Waals surface area contributed by atoms with Crippen molar-refractivity contribution >= 4 is 49.1 Å². The molecule has 2 N–H and O–H groups in total. The Balaban J connectivity index is 1.20. The van der Waals surface area contributed by atoms with Gasteiger partial charge >= 0.3 is 0 Å². The summed E-state index contributed by atoms with van der Waals surface area (Å²) in [6.45, 7) is 0. The zero-order valence-electron chi connectivity index (χ0n) is 28.4. The topological polar surface area (TPSA) is 49.3 Å². The van der Waals surface area contributed by atoms with E-state index in [1.54, 1.807) is 0 Å². The largest absolute Gasteiger partial charge is 0.350 e. The van der Waals surface area contributed by atoms with Crippen molar-refractivity contribution in [1.82, 2.24) is 15.6 Å². The second-order valence-electron chi connectivity index (χ2n) is 13.5. The van der Waals surface area contributed by atoms with Crippen molar-refractivity contribution in [2.45, 2.75) is 12.3 Å². The number of rotatable bonds is 5. The normalized spacial score (nSPS) is 15.9. The van der Waals surface area contributed by atoms with Gasteiger partial charge < -0.3 is 5.32 Å². The quantitative estimate of drug-likeness (QED) is 0.180.